The van der Waals surface area contributed by atoms with Crippen molar-refractivity contribution in [3.8, 4) is 0 Å². The predicted molar refractivity (Wildman–Crippen MR) is 88.0 cm³/mol. The van der Waals surface area contributed by atoms with Crippen LogP contribution < -0.4 is 0 Å². The Balaban J connectivity index is 1.95. The van der Waals surface area contributed by atoms with E-state index in [4.69, 9.17) is 0 Å². The Morgan fingerprint density at radius 3 is 2.26 bits per heavy atom. The lowest BCUT2D eigenvalue weighted by atomic mass is 9.87. The third-order valence-electron chi connectivity index (χ3n) is 5.32. The molecule has 2 heteroatoms. The van der Waals surface area contributed by atoms with Crippen LogP contribution in [0.5, 0.6) is 0 Å². The van der Waals surface area contributed by atoms with E-state index < -0.39 is 0 Å². The molecular formula is C17H32BrN. The Labute approximate surface area is 128 Å². The minimum atomic E-state index is 0.597. The monoisotopic (exact) mass is 329 g/mol. The van der Waals surface area contributed by atoms with Gasteiger partial charge < -0.3 is 0 Å². The Kier molecular flexibility index (Phi) is 6.20. The van der Waals surface area contributed by atoms with Gasteiger partial charge in [-0.1, -0.05) is 55.5 Å². The molecule has 0 aromatic heterocycles. The van der Waals surface area contributed by atoms with Crippen molar-refractivity contribution in [3.05, 3.63) is 0 Å². The molecule has 1 nitrogen and oxygen atoms in total. The summed E-state index contributed by atoms with van der Waals surface area (Å²) in [4.78, 5) is 2.87. The fourth-order valence-corrected chi connectivity index (χ4v) is 4.71. The first-order valence-electron chi connectivity index (χ1n) is 8.45. The Morgan fingerprint density at radius 2 is 1.74 bits per heavy atom. The SMILES string of the molecule is CC(C)CCN(CC1(CBr)CCCC1)C1CCCC1. The fourth-order valence-electron chi connectivity index (χ4n) is 3.97. The van der Waals surface area contributed by atoms with Crippen LogP contribution in [0.2, 0.25) is 0 Å². The van der Waals surface area contributed by atoms with E-state index in [1.165, 1.54) is 76.2 Å². The van der Waals surface area contributed by atoms with Crippen molar-refractivity contribution in [2.75, 3.05) is 18.4 Å². The van der Waals surface area contributed by atoms with E-state index in [9.17, 15) is 0 Å². The van der Waals surface area contributed by atoms with E-state index in [1.54, 1.807) is 0 Å². The molecule has 2 aliphatic carbocycles. The van der Waals surface area contributed by atoms with Crippen LogP contribution in [0.3, 0.4) is 0 Å². The number of nitrogens with zero attached hydrogens (tertiary/aromatic N) is 1. The standard InChI is InChI=1S/C17H32BrN/c1-15(2)9-12-19(16-7-3-4-8-16)14-17(13-18)10-5-6-11-17/h15-16H,3-14H2,1-2H3. The molecule has 0 bridgehead atoms. The molecule has 0 aromatic carbocycles. The third kappa shape index (κ3) is 4.46. The summed E-state index contributed by atoms with van der Waals surface area (Å²) >= 11 is 3.82. The number of hydrogen-bond donors (Lipinski definition) is 0. The highest BCUT2D eigenvalue weighted by Crippen LogP contribution is 2.41. The van der Waals surface area contributed by atoms with Gasteiger partial charge in [-0.3, -0.25) is 4.90 Å². The van der Waals surface area contributed by atoms with Crippen LogP contribution in [0.4, 0.5) is 0 Å². The van der Waals surface area contributed by atoms with Crippen molar-refractivity contribution in [3.63, 3.8) is 0 Å². The Bertz CT molecular complexity index is 252. The molecule has 0 radical (unpaired) electrons. The van der Waals surface area contributed by atoms with E-state index in [-0.39, 0.29) is 0 Å². The summed E-state index contributed by atoms with van der Waals surface area (Å²) < 4.78 is 0. The summed E-state index contributed by atoms with van der Waals surface area (Å²) in [6.45, 7) is 7.41. The maximum absolute atomic E-state index is 3.82. The normalized spacial score (nSPS) is 23.8. The van der Waals surface area contributed by atoms with E-state index in [1.807, 2.05) is 0 Å². The maximum atomic E-state index is 3.82. The Hall–Kier alpha value is 0.440. The third-order valence-corrected chi connectivity index (χ3v) is 6.51. The van der Waals surface area contributed by atoms with Crippen molar-refractivity contribution in [1.29, 1.82) is 0 Å². The van der Waals surface area contributed by atoms with Crippen molar-refractivity contribution in [2.24, 2.45) is 11.3 Å². The van der Waals surface area contributed by atoms with Crippen molar-refractivity contribution < 1.29 is 0 Å². The van der Waals surface area contributed by atoms with E-state index in [2.05, 4.69) is 34.7 Å². The fraction of sp³-hybridized carbons (Fsp3) is 1.00. The molecule has 0 spiro atoms. The zero-order chi connectivity index (χ0) is 13.7. The molecule has 0 unspecified atom stereocenters. The second-order valence-electron chi connectivity index (χ2n) is 7.43. The van der Waals surface area contributed by atoms with Gasteiger partial charge in [-0.15, -0.1) is 0 Å². The van der Waals surface area contributed by atoms with Gasteiger partial charge >= 0.3 is 0 Å². The lowest BCUT2D eigenvalue weighted by molar-refractivity contribution is 0.120. The van der Waals surface area contributed by atoms with E-state index in [0.29, 0.717) is 5.41 Å². The summed E-state index contributed by atoms with van der Waals surface area (Å²) in [5, 5.41) is 1.21. The van der Waals surface area contributed by atoms with Gasteiger partial charge in [0.1, 0.15) is 0 Å². The van der Waals surface area contributed by atoms with Gasteiger partial charge in [-0.2, -0.15) is 0 Å². The lowest BCUT2D eigenvalue weighted by Gasteiger charge is -2.38. The van der Waals surface area contributed by atoms with Crippen molar-refractivity contribution in [2.45, 2.75) is 77.7 Å². The summed E-state index contributed by atoms with van der Waals surface area (Å²) in [7, 11) is 0. The van der Waals surface area contributed by atoms with Crippen LogP contribution in [-0.2, 0) is 0 Å². The molecule has 2 fully saturated rings. The first-order valence-corrected chi connectivity index (χ1v) is 9.57. The summed E-state index contributed by atoms with van der Waals surface area (Å²) in [6.07, 6.45) is 13.0. The van der Waals surface area contributed by atoms with Gasteiger partial charge in [0.05, 0.1) is 0 Å². The van der Waals surface area contributed by atoms with Gasteiger partial charge in [0.15, 0.2) is 0 Å². The van der Waals surface area contributed by atoms with Crippen LogP contribution in [-0.4, -0.2) is 29.4 Å². The van der Waals surface area contributed by atoms with Crippen LogP contribution >= 0.6 is 15.9 Å². The molecule has 0 aromatic rings. The van der Waals surface area contributed by atoms with Crippen LogP contribution in [0.1, 0.15) is 71.6 Å². The molecule has 0 aliphatic heterocycles. The second kappa shape index (κ2) is 7.45. The van der Waals surface area contributed by atoms with Gasteiger partial charge in [-0.05, 0) is 50.0 Å². The highest BCUT2D eigenvalue weighted by atomic mass is 79.9. The summed E-state index contributed by atoms with van der Waals surface area (Å²) in [5.74, 6) is 0.840. The van der Waals surface area contributed by atoms with Gasteiger partial charge in [0, 0.05) is 17.9 Å². The molecule has 2 rings (SSSR count). The van der Waals surface area contributed by atoms with Crippen LogP contribution in [0.15, 0.2) is 0 Å². The predicted octanol–water partition coefficient (Wildman–Crippen LogP) is 5.23. The highest BCUT2D eigenvalue weighted by molar-refractivity contribution is 9.09. The van der Waals surface area contributed by atoms with Gasteiger partial charge in [0.25, 0.3) is 0 Å². The number of hydrogen-bond acceptors (Lipinski definition) is 1. The summed E-state index contributed by atoms with van der Waals surface area (Å²) in [5.41, 5.74) is 0.597. The molecule has 0 saturated heterocycles. The molecule has 0 atom stereocenters. The number of rotatable bonds is 7. The zero-order valence-electron chi connectivity index (χ0n) is 13.0. The molecule has 0 heterocycles. The molecule has 0 N–H and O–H groups in total. The number of alkyl halides is 1. The second-order valence-corrected chi connectivity index (χ2v) is 7.99. The maximum Gasteiger partial charge on any atom is 0.0100 e. The van der Waals surface area contributed by atoms with E-state index >= 15 is 0 Å². The van der Waals surface area contributed by atoms with Crippen molar-refractivity contribution >= 4 is 15.9 Å². The van der Waals surface area contributed by atoms with Crippen LogP contribution in [0.25, 0.3) is 0 Å². The van der Waals surface area contributed by atoms with Gasteiger partial charge in [-0.25, -0.2) is 0 Å². The first kappa shape index (κ1) is 15.8. The number of halogens is 1. The molecule has 19 heavy (non-hydrogen) atoms. The highest BCUT2D eigenvalue weighted by Gasteiger charge is 2.36. The summed E-state index contributed by atoms with van der Waals surface area (Å²) in [6, 6.07) is 0.898. The molecular weight excluding hydrogens is 298 g/mol. The minimum Gasteiger partial charge on any atom is -0.300 e. The molecule has 2 saturated carbocycles. The molecule has 112 valence electrons. The largest absolute Gasteiger partial charge is 0.300 e. The van der Waals surface area contributed by atoms with Crippen molar-refractivity contribution in [1.82, 2.24) is 4.90 Å². The first-order chi connectivity index (χ1) is 9.15. The average molecular weight is 330 g/mol. The minimum absolute atomic E-state index is 0.597. The molecule has 0 amide bonds. The quantitative estimate of drug-likeness (QED) is 0.578. The van der Waals surface area contributed by atoms with Crippen LogP contribution in [0, 0.1) is 11.3 Å². The van der Waals surface area contributed by atoms with Gasteiger partial charge in [0.2, 0.25) is 0 Å². The Morgan fingerprint density at radius 1 is 1.11 bits per heavy atom. The smallest absolute Gasteiger partial charge is 0.0100 e. The van der Waals surface area contributed by atoms with E-state index in [0.717, 1.165) is 12.0 Å². The average Bonchev–Trinajstić information content (AvgIpc) is 3.06. The molecule has 2 aliphatic rings. The topological polar surface area (TPSA) is 3.24 Å². The zero-order valence-corrected chi connectivity index (χ0v) is 14.6. The lowest BCUT2D eigenvalue weighted by Crippen LogP contribution is -2.43.